The van der Waals surface area contributed by atoms with E-state index in [0.29, 0.717) is 17.7 Å². The van der Waals surface area contributed by atoms with E-state index in [1.807, 2.05) is 0 Å². The quantitative estimate of drug-likeness (QED) is 0.632. The van der Waals surface area contributed by atoms with Gasteiger partial charge in [-0.2, -0.15) is 13.2 Å². The zero-order valence-electron chi connectivity index (χ0n) is 16.0. The molecule has 1 unspecified atom stereocenters. The summed E-state index contributed by atoms with van der Waals surface area (Å²) in [6.45, 7) is 0.296. The Balaban J connectivity index is 1.45. The Hall–Kier alpha value is -2.90. The van der Waals surface area contributed by atoms with Crippen LogP contribution in [0.3, 0.4) is 0 Å². The smallest absolute Gasteiger partial charge is 0.390 e. The molecule has 2 aromatic carbocycles. The Morgan fingerprint density at radius 2 is 1.87 bits per heavy atom. The van der Waals surface area contributed by atoms with Gasteiger partial charge in [-0.3, -0.25) is 4.79 Å². The zero-order valence-corrected chi connectivity index (χ0v) is 16.0. The summed E-state index contributed by atoms with van der Waals surface area (Å²) in [7, 11) is 0. The molecule has 8 heteroatoms. The van der Waals surface area contributed by atoms with Crippen LogP contribution in [0.1, 0.15) is 36.0 Å². The van der Waals surface area contributed by atoms with Gasteiger partial charge in [0.2, 0.25) is 5.91 Å². The maximum absolute atomic E-state index is 13.1. The first kappa shape index (κ1) is 20.4. The number of carbonyl (C=O) groups excluding carboxylic acids is 1. The number of nitrogens with zero attached hydrogens (tertiary/aromatic N) is 2. The largest absolute Gasteiger partial charge is 0.416 e. The van der Waals surface area contributed by atoms with E-state index >= 15 is 0 Å². The van der Waals surface area contributed by atoms with Crippen molar-refractivity contribution in [3.63, 3.8) is 0 Å². The standard InChI is InChI=1S/C22H20F4N2O2/c23-18-8-6-15(7-9-18)20-11-19(30-27-20)13-28(21(29)16-4-5-16)12-14-2-1-3-17(10-14)22(24,25)26/h1-3,6-10,16,19H,4-5,11-13H2. The number of amides is 1. The number of hydrogen-bond acceptors (Lipinski definition) is 3. The van der Waals surface area contributed by atoms with Gasteiger partial charge in [0, 0.05) is 18.9 Å². The fourth-order valence-electron chi connectivity index (χ4n) is 3.47. The van der Waals surface area contributed by atoms with Crippen LogP contribution in [-0.4, -0.2) is 29.2 Å². The molecule has 1 atom stereocenters. The van der Waals surface area contributed by atoms with Gasteiger partial charge in [0.05, 0.1) is 17.8 Å². The highest BCUT2D eigenvalue weighted by molar-refractivity contribution is 6.01. The second-order valence-electron chi connectivity index (χ2n) is 7.67. The van der Waals surface area contributed by atoms with E-state index in [1.165, 1.54) is 18.2 Å². The van der Waals surface area contributed by atoms with Crippen LogP contribution in [0.25, 0.3) is 0 Å². The van der Waals surface area contributed by atoms with Gasteiger partial charge in [0.1, 0.15) is 5.82 Å². The molecular formula is C22H20F4N2O2. The summed E-state index contributed by atoms with van der Waals surface area (Å²) >= 11 is 0. The number of oxime groups is 1. The minimum atomic E-state index is -4.44. The second kappa shape index (κ2) is 8.08. The van der Waals surface area contributed by atoms with Crippen LogP contribution < -0.4 is 0 Å². The predicted octanol–water partition coefficient (Wildman–Crippen LogP) is 4.78. The van der Waals surface area contributed by atoms with Crippen LogP contribution in [0.4, 0.5) is 17.6 Å². The molecule has 0 spiro atoms. The molecule has 2 aliphatic rings. The maximum Gasteiger partial charge on any atom is 0.416 e. The van der Waals surface area contributed by atoms with Gasteiger partial charge in [-0.1, -0.05) is 29.4 Å². The van der Waals surface area contributed by atoms with Crippen molar-refractivity contribution in [2.24, 2.45) is 11.1 Å². The van der Waals surface area contributed by atoms with E-state index in [4.69, 9.17) is 4.84 Å². The summed E-state index contributed by atoms with van der Waals surface area (Å²) < 4.78 is 52.2. The van der Waals surface area contributed by atoms with Crippen molar-refractivity contribution >= 4 is 11.6 Å². The first-order valence-corrected chi connectivity index (χ1v) is 9.73. The van der Waals surface area contributed by atoms with Crippen LogP contribution in [0.15, 0.2) is 53.7 Å². The molecule has 1 heterocycles. The second-order valence-corrected chi connectivity index (χ2v) is 7.67. The van der Waals surface area contributed by atoms with Gasteiger partial charge >= 0.3 is 6.18 Å². The molecule has 1 saturated carbocycles. The first-order chi connectivity index (χ1) is 14.3. The third-order valence-electron chi connectivity index (χ3n) is 5.20. The Morgan fingerprint density at radius 1 is 1.13 bits per heavy atom. The normalized spacial score (nSPS) is 18.7. The van der Waals surface area contributed by atoms with E-state index in [-0.39, 0.29) is 30.7 Å². The Bertz CT molecular complexity index is 952. The highest BCUT2D eigenvalue weighted by atomic mass is 19.4. The molecule has 158 valence electrons. The van der Waals surface area contributed by atoms with Crippen molar-refractivity contribution in [3.8, 4) is 0 Å². The van der Waals surface area contributed by atoms with Crippen molar-refractivity contribution in [3.05, 3.63) is 71.0 Å². The SMILES string of the molecule is O=C(C1CC1)N(Cc1cccc(C(F)(F)F)c1)CC1CC(c2ccc(F)cc2)=NO1. The summed E-state index contributed by atoms with van der Waals surface area (Å²) in [6, 6.07) is 10.9. The van der Waals surface area contributed by atoms with Crippen LogP contribution in [-0.2, 0) is 22.4 Å². The molecule has 4 rings (SSSR count). The van der Waals surface area contributed by atoms with Crippen LogP contribution in [0.5, 0.6) is 0 Å². The van der Waals surface area contributed by atoms with Gasteiger partial charge < -0.3 is 9.74 Å². The highest BCUT2D eigenvalue weighted by Crippen LogP contribution is 2.33. The van der Waals surface area contributed by atoms with E-state index in [1.54, 1.807) is 23.1 Å². The van der Waals surface area contributed by atoms with Crippen molar-refractivity contribution in [2.45, 2.75) is 38.1 Å². The average Bonchev–Trinajstić information content (AvgIpc) is 3.46. The van der Waals surface area contributed by atoms with Gasteiger partial charge in [0.25, 0.3) is 0 Å². The van der Waals surface area contributed by atoms with Gasteiger partial charge in [0.15, 0.2) is 6.10 Å². The lowest BCUT2D eigenvalue weighted by Gasteiger charge is -2.25. The first-order valence-electron chi connectivity index (χ1n) is 9.73. The molecule has 1 aliphatic carbocycles. The molecular weight excluding hydrogens is 400 g/mol. The average molecular weight is 420 g/mol. The fraction of sp³-hybridized carbons (Fsp3) is 0.364. The number of alkyl halides is 3. The molecule has 1 fully saturated rings. The van der Waals surface area contributed by atoms with E-state index < -0.39 is 17.8 Å². The number of hydrogen-bond donors (Lipinski definition) is 0. The number of rotatable bonds is 6. The summed E-state index contributed by atoms with van der Waals surface area (Å²) in [5, 5.41) is 4.05. The Labute approximate surface area is 171 Å². The van der Waals surface area contributed by atoms with Crippen molar-refractivity contribution in [1.82, 2.24) is 4.90 Å². The topological polar surface area (TPSA) is 41.9 Å². The number of carbonyl (C=O) groups is 1. The lowest BCUT2D eigenvalue weighted by Crippen LogP contribution is -2.38. The van der Waals surface area contributed by atoms with Crippen LogP contribution in [0, 0.1) is 11.7 Å². The van der Waals surface area contributed by atoms with Gasteiger partial charge in [-0.25, -0.2) is 4.39 Å². The summed E-state index contributed by atoms with van der Waals surface area (Å²) in [5.74, 6) is -0.502. The highest BCUT2D eigenvalue weighted by Gasteiger charge is 2.36. The molecule has 0 aromatic heterocycles. The molecule has 4 nitrogen and oxygen atoms in total. The summed E-state index contributed by atoms with van der Waals surface area (Å²) in [4.78, 5) is 19.8. The fourth-order valence-corrected chi connectivity index (χ4v) is 3.47. The van der Waals surface area contributed by atoms with E-state index in [2.05, 4.69) is 5.16 Å². The van der Waals surface area contributed by atoms with E-state index in [9.17, 15) is 22.4 Å². The van der Waals surface area contributed by atoms with Crippen LogP contribution >= 0.6 is 0 Å². The van der Waals surface area contributed by atoms with Gasteiger partial charge in [-0.15, -0.1) is 0 Å². The number of benzene rings is 2. The minimum Gasteiger partial charge on any atom is -0.390 e. The van der Waals surface area contributed by atoms with Crippen LogP contribution in [0.2, 0.25) is 0 Å². The number of halogens is 4. The third-order valence-corrected chi connectivity index (χ3v) is 5.20. The molecule has 1 aliphatic heterocycles. The molecule has 0 radical (unpaired) electrons. The summed E-state index contributed by atoms with van der Waals surface area (Å²) in [5.41, 5.74) is 1.06. The monoisotopic (exact) mass is 420 g/mol. The molecule has 1 amide bonds. The van der Waals surface area contributed by atoms with Crippen molar-refractivity contribution in [2.75, 3.05) is 6.54 Å². The maximum atomic E-state index is 13.1. The lowest BCUT2D eigenvalue weighted by molar-refractivity contribution is -0.137. The molecule has 0 saturated heterocycles. The predicted molar refractivity (Wildman–Crippen MR) is 102 cm³/mol. The molecule has 0 N–H and O–H groups in total. The summed E-state index contributed by atoms with van der Waals surface area (Å²) in [6.07, 6.45) is -2.82. The van der Waals surface area contributed by atoms with E-state index in [0.717, 1.165) is 30.5 Å². The Morgan fingerprint density at radius 3 is 2.53 bits per heavy atom. The third kappa shape index (κ3) is 4.80. The van der Waals surface area contributed by atoms with Crippen molar-refractivity contribution < 1.29 is 27.2 Å². The van der Waals surface area contributed by atoms with Crippen molar-refractivity contribution in [1.29, 1.82) is 0 Å². The molecule has 2 aromatic rings. The lowest BCUT2D eigenvalue weighted by atomic mass is 10.0. The van der Waals surface area contributed by atoms with Gasteiger partial charge in [-0.05, 0) is 48.2 Å². The molecule has 0 bridgehead atoms. The minimum absolute atomic E-state index is 0.0744. The Kier molecular flexibility index (Phi) is 5.49. The molecule has 30 heavy (non-hydrogen) atoms. The zero-order chi connectivity index (χ0) is 21.3.